The summed E-state index contributed by atoms with van der Waals surface area (Å²) in [6, 6.07) is 8.33. The average molecular weight is 482 g/mol. The summed E-state index contributed by atoms with van der Waals surface area (Å²) in [6.45, 7) is 12.4. The van der Waals surface area contributed by atoms with Gasteiger partial charge in [0.05, 0.1) is 22.5 Å². The Hall–Kier alpha value is -2.59. The van der Waals surface area contributed by atoms with Gasteiger partial charge in [-0.1, -0.05) is 26.0 Å². The van der Waals surface area contributed by atoms with Crippen LogP contribution in [0.5, 0.6) is 0 Å². The molecule has 0 bridgehead atoms. The molecular weight excluding hydrogens is 451 g/mol. The van der Waals surface area contributed by atoms with Gasteiger partial charge in [-0.15, -0.1) is 0 Å². The van der Waals surface area contributed by atoms with Crippen molar-refractivity contribution in [1.29, 1.82) is 0 Å². The van der Waals surface area contributed by atoms with E-state index in [1.54, 1.807) is 4.90 Å². The molecule has 1 amide bonds. The molecular formula is C24H31BF4N2O3. The molecule has 4 rings (SSSR count). The molecule has 2 N–H and O–H groups in total. The van der Waals surface area contributed by atoms with Crippen LogP contribution < -0.4 is 16.1 Å². The molecule has 2 heterocycles. The normalized spacial score (nSPS) is 17.8. The predicted octanol–water partition coefficient (Wildman–Crippen LogP) is 4.97. The Labute approximate surface area is 198 Å². The van der Waals surface area contributed by atoms with Gasteiger partial charge in [-0.05, 0) is 69.4 Å². The van der Waals surface area contributed by atoms with Gasteiger partial charge in [0.1, 0.15) is 5.82 Å². The van der Waals surface area contributed by atoms with Crippen molar-refractivity contribution in [3.63, 3.8) is 0 Å². The van der Waals surface area contributed by atoms with E-state index >= 15 is 0 Å². The Morgan fingerprint density at radius 3 is 2.03 bits per heavy atom. The van der Waals surface area contributed by atoms with Crippen LogP contribution in [0, 0.1) is 5.82 Å². The number of nitrogens with two attached hydrogens (primary N) is 1. The van der Waals surface area contributed by atoms with E-state index in [2.05, 4.69) is 5.73 Å². The highest BCUT2D eigenvalue weighted by Crippen LogP contribution is 2.39. The number of amides is 1. The number of benzene rings is 2. The Kier molecular flexibility index (Phi) is 8.42. The molecule has 2 aliphatic heterocycles. The smallest absolute Gasteiger partial charge is 0.399 e. The number of hydrogen-bond donors (Lipinski definition) is 1. The quantitative estimate of drug-likeness (QED) is 0.373. The van der Waals surface area contributed by atoms with E-state index in [9.17, 15) is 17.6 Å². The van der Waals surface area contributed by atoms with Gasteiger partial charge in [0.25, 0.3) is 0 Å². The fourth-order valence-corrected chi connectivity index (χ4v) is 3.70. The van der Waals surface area contributed by atoms with E-state index in [0.29, 0.717) is 19.0 Å². The number of carbonyl (C=O) groups is 1. The minimum atomic E-state index is -4.57. The number of anilines is 2. The maximum atomic E-state index is 14.4. The zero-order valence-electron chi connectivity index (χ0n) is 20.3. The second kappa shape index (κ2) is 10.4. The summed E-state index contributed by atoms with van der Waals surface area (Å²) < 4.78 is 65.0. The van der Waals surface area contributed by atoms with Crippen LogP contribution in [0.1, 0.15) is 52.7 Å². The monoisotopic (exact) mass is 482 g/mol. The topological polar surface area (TPSA) is 64.8 Å². The molecule has 2 aromatic rings. The van der Waals surface area contributed by atoms with Gasteiger partial charge in [-0.25, -0.2) is 4.39 Å². The molecule has 0 aliphatic carbocycles. The van der Waals surface area contributed by atoms with Crippen LogP contribution >= 0.6 is 0 Å². The first kappa shape index (κ1) is 27.7. The number of alkyl halides is 3. The van der Waals surface area contributed by atoms with E-state index in [4.69, 9.17) is 14.1 Å². The highest BCUT2D eigenvalue weighted by molar-refractivity contribution is 6.62. The summed E-state index contributed by atoms with van der Waals surface area (Å²) in [5.41, 5.74) is 5.05. The van der Waals surface area contributed by atoms with Crippen molar-refractivity contribution in [1.82, 2.24) is 0 Å². The number of carbonyl (C=O) groups excluding carboxylic acids is 1. The molecule has 5 nitrogen and oxygen atoms in total. The third-order valence-electron chi connectivity index (χ3n) is 6.09. The number of hydrogen-bond acceptors (Lipinski definition) is 4. The van der Waals surface area contributed by atoms with Gasteiger partial charge in [-0.2, -0.15) is 13.2 Å². The van der Waals surface area contributed by atoms with Crippen LogP contribution in [-0.2, 0) is 26.7 Å². The second-order valence-corrected chi connectivity index (χ2v) is 8.68. The maximum Gasteiger partial charge on any atom is 0.494 e. The lowest BCUT2D eigenvalue weighted by atomic mass is 9.78. The van der Waals surface area contributed by atoms with E-state index in [1.807, 2.05) is 59.7 Å². The SMILES string of the molecule is CC.CC1(C)OB(c2ccc3c(c2)CCN3c2ccc(C(F)(F)F)cc2F)OC1(C)C.NC=O. The maximum absolute atomic E-state index is 14.4. The lowest BCUT2D eigenvalue weighted by molar-refractivity contribution is -0.137. The number of rotatable bonds is 2. The van der Waals surface area contributed by atoms with Gasteiger partial charge in [-0.3, -0.25) is 4.79 Å². The second-order valence-electron chi connectivity index (χ2n) is 8.68. The predicted molar refractivity (Wildman–Crippen MR) is 126 cm³/mol. The third kappa shape index (κ3) is 5.55. The van der Waals surface area contributed by atoms with Crippen molar-refractivity contribution >= 4 is 30.4 Å². The zero-order valence-corrected chi connectivity index (χ0v) is 20.3. The molecule has 0 atom stereocenters. The molecule has 10 heteroatoms. The standard InChI is InChI=1S/C21H22BF4NO2.C2H6.CH3NO/c1-19(2)20(3,4)29-22(28-19)15-6-8-17-13(11-15)9-10-27(17)18-7-5-14(12-16(18)23)21(24,25)26;1-2;2-1-3/h5-8,11-12H,9-10H2,1-4H3;1-2H3;1H,(H2,2,3). The number of nitrogens with zero attached hydrogens (tertiary/aromatic N) is 1. The van der Waals surface area contributed by atoms with Gasteiger partial charge in [0.15, 0.2) is 0 Å². The lowest BCUT2D eigenvalue weighted by Crippen LogP contribution is -2.41. The molecule has 0 spiro atoms. The summed E-state index contributed by atoms with van der Waals surface area (Å²) >= 11 is 0. The summed E-state index contributed by atoms with van der Waals surface area (Å²) in [5, 5.41) is 0. The number of halogens is 4. The number of fused-ring (bicyclic) bond motifs is 1. The van der Waals surface area contributed by atoms with Crippen LogP contribution in [0.4, 0.5) is 28.9 Å². The molecule has 1 fully saturated rings. The van der Waals surface area contributed by atoms with Gasteiger partial charge in [0, 0.05) is 12.2 Å². The van der Waals surface area contributed by atoms with Crippen LogP contribution in [0.3, 0.4) is 0 Å². The zero-order chi connectivity index (χ0) is 25.9. The summed E-state index contributed by atoms with van der Waals surface area (Å²) in [7, 11) is -0.498. The highest BCUT2D eigenvalue weighted by Gasteiger charge is 2.51. The highest BCUT2D eigenvalue weighted by atomic mass is 19.4. The van der Waals surface area contributed by atoms with Crippen molar-refractivity contribution in [3.05, 3.63) is 53.3 Å². The molecule has 2 aromatic carbocycles. The van der Waals surface area contributed by atoms with Crippen molar-refractivity contribution in [2.75, 3.05) is 11.4 Å². The van der Waals surface area contributed by atoms with Crippen molar-refractivity contribution < 1.29 is 31.7 Å². The molecule has 2 aliphatic rings. The molecule has 0 unspecified atom stereocenters. The molecule has 186 valence electrons. The van der Waals surface area contributed by atoms with Gasteiger partial charge < -0.3 is 19.9 Å². The lowest BCUT2D eigenvalue weighted by Gasteiger charge is -2.32. The average Bonchev–Trinajstić information content (AvgIpc) is 3.26. The molecule has 1 saturated heterocycles. The van der Waals surface area contributed by atoms with E-state index in [0.717, 1.165) is 22.8 Å². The third-order valence-corrected chi connectivity index (χ3v) is 6.09. The van der Waals surface area contributed by atoms with E-state index in [1.165, 1.54) is 6.07 Å². The van der Waals surface area contributed by atoms with Gasteiger partial charge in [0.2, 0.25) is 6.41 Å². The Morgan fingerprint density at radius 1 is 1.00 bits per heavy atom. The van der Waals surface area contributed by atoms with Gasteiger partial charge >= 0.3 is 13.3 Å². The summed E-state index contributed by atoms with van der Waals surface area (Å²) in [4.78, 5) is 10.3. The minimum Gasteiger partial charge on any atom is -0.399 e. The molecule has 34 heavy (non-hydrogen) atoms. The Balaban J connectivity index is 0.000000758. The molecule has 0 radical (unpaired) electrons. The van der Waals surface area contributed by atoms with Crippen molar-refractivity contribution in [2.45, 2.75) is 65.3 Å². The summed E-state index contributed by atoms with van der Waals surface area (Å²) in [5.74, 6) is -0.886. The first-order valence-electron chi connectivity index (χ1n) is 11.1. The fraction of sp³-hybridized carbons (Fsp3) is 0.458. The molecule has 0 saturated carbocycles. The number of primary amides is 1. The largest absolute Gasteiger partial charge is 0.494 e. The van der Waals surface area contributed by atoms with Crippen molar-refractivity contribution in [3.8, 4) is 0 Å². The first-order valence-corrected chi connectivity index (χ1v) is 11.1. The Bertz CT molecular complexity index is 996. The van der Waals surface area contributed by atoms with E-state index < -0.39 is 35.9 Å². The fourth-order valence-electron chi connectivity index (χ4n) is 3.70. The van der Waals surface area contributed by atoms with Crippen LogP contribution in [-0.4, -0.2) is 31.3 Å². The summed E-state index contributed by atoms with van der Waals surface area (Å²) in [6.07, 6.45) is -3.66. The minimum absolute atomic E-state index is 0.139. The Morgan fingerprint density at radius 2 is 1.53 bits per heavy atom. The van der Waals surface area contributed by atoms with Crippen LogP contribution in [0.15, 0.2) is 36.4 Å². The van der Waals surface area contributed by atoms with Crippen molar-refractivity contribution in [2.24, 2.45) is 5.73 Å². The van der Waals surface area contributed by atoms with Crippen LogP contribution in [0.2, 0.25) is 0 Å². The molecule has 0 aromatic heterocycles. The van der Waals surface area contributed by atoms with E-state index in [-0.39, 0.29) is 12.1 Å². The first-order chi connectivity index (χ1) is 15.8. The van der Waals surface area contributed by atoms with Crippen LogP contribution in [0.25, 0.3) is 0 Å².